The van der Waals surface area contributed by atoms with E-state index in [1.165, 1.54) is 3.57 Å². The van der Waals surface area contributed by atoms with Crippen LogP contribution in [0.25, 0.3) is 11.3 Å². The van der Waals surface area contributed by atoms with Crippen molar-refractivity contribution >= 4 is 22.6 Å². The van der Waals surface area contributed by atoms with Crippen LogP contribution in [0, 0.1) is 9.49 Å². The average Bonchev–Trinajstić information content (AvgIpc) is 2.83. The summed E-state index contributed by atoms with van der Waals surface area (Å²) in [5.41, 5.74) is 1.08. The van der Waals surface area contributed by atoms with E-state index in [1.54, 1.807) is 0 Å². The van der Waals surface area contributed by atoms with Gasteiger partial charge in [-0.05, 0) is 47.2 Å². The first kappa shape index (κ1) is 14.5. The van der Waals surface area contributed by atoms with E-state index in [9.17, 15) is 0 Å². The standard InChI is InChI=1S/C15H19IN2O/c1-11(2)9-17-7-6-15-18-10-14(19-15)12-4-3-5-13(16)8-12/h3-5,8,10-11,17H,6-7,9H2,1-2H3. The molecule has 2 rings (SSSR count). The van der Waals surface area contributed by atoms with Gasteiger partial charge in [0.2, 0.25) is 0 Å². The van der Waals surface area contributed by atoms with E-state index in [2.05, 4.69) is 58.9 Å². The highest BCUT2D eigenvalue weighted by atomic mass is 127. The van der Waals surface area contributed by atoms with Gasteiger partial charge >= 0.3 is 0 Å². The Hall–Kier alpha value is -0.880. The molecule has 2 aromatic rings. The predicted molar refractivity (Wildman–Crippen MR) is 86.1 cm³/mol. The zero-order chi connectivity index (χ0) is 13.7. The third-order valence-corrected chi connectivity index (χ3v) is 3.40. The lowest BCUT2D eigenvalue weighted by atomic mass is 10.2. The molecule has 4 heteroatoms. The second kappa shape index (κ2) is 7.05. The molecular weight excluding hydrogens is 351 g/mol. The molecule has 0 spiro atoms. The van der Waals surface area contributed by atoms with E-state index >= 15 is 0 Å². The molecule has 0 atom stereocenters. The van der Waals surface area contributed by atoms with Gasteiger partial charge in [0.05, 0.1) is 6.20 Å². The largest absolute Gasteiger partial charge is 0.441 e. The topological polar surface area (TPSA) is 38.1 Å². The van der Waals surface area contributed by atoms with Crippen LogP contribution in [0.4, 0.5) is 0 Å². The van der Waals surface area contributed by atoms with Crippen LogP contribution < -0.4 is 5.32 Å². The summed E-state index contributed by atoms with van der Waals surface area (Å²) in [5.74, 6) is 2.31. The van der Waals surface area contributed by atoms with Crippen LogP contribution in [-0.4, -0.2) is 18.1 Å². The Balaban J connectivity index is 1.92. The Labute approximate surface area is 128 Å². The fraction of sp³-hybridized carbons (Fsp3) is 0.400. The number of benzene rings is 1. The summed E-state index contributed by atoms with van der Waals surface area (Å²) in [5, 5.41) is 3.39. The molecule has 0 unspecified atom stereocenters. The van der Waals surface area contributed by atoms with Crippen molar-refractivity contribution in [2.24, 2.45) is 5.92 Å². The molecule has 19 heavy (non-hydrogen) atoms. The van der Waals surface area contributed by atoms with Crippen LogP contribution >= 0.6 is 22.6 Å². The molecular formula is C15H19IN2O. The van der Waals surface area contributed by atoms with Gasteiger partial charge in [-0.25, -0.2) is 4.98 Å². The van der Waals surface area contributed by atoms with Gasteiger partial charge in [0, 0.05) is 22.1 Å². The third-order valence-electron chi connectivity index (χ3n) is 2.73. The third kappa shape index (κ3) is 4.62. The maximum Gasteiger partial charge on any atom is 0.196 e. The van der Waals surface area contributed by atoms with Crippen LogP contribution in [0.1, 0.15) is 19.7 Å². The molecule has 0 saturated heterocycles. The van der Waals surface area contributed by atoms with Crippen molar-refractivity contribution in [1.29, 1.82) is 0 Å². The summed E-state index contributed by atoms with van der Waals surface area (Å²) in [6.45, 7) is 6.34. The lowest BCUT2D eigenvalue weighted by molar-refractivity contribution is 0.483. The van der Waals surface area contributed by atoms with Crippen molar-refractivity contribution in [2.45, 2.75) is 20.3 Å². The van der Waals surface area contributed by atoms with Crippen molar-refractivity contribution in [1.82, 2.24) is 10.3 Å². The number of hydrogen-bond donors (Lipinski definition) is 1. The average molecular weight is 370 g/mol. The SMILES string of the molecule is CC(C)CNCCc1ncc(-c2cccc(I)c2)o1. The molecule has 0 aliphatic rings. The van der Waals surface area contributed by atoms with Crippen molar-refractivity contribution in [2.75, 3.05) is 13.1 Å². The first-order valence-corrected chi connectivity index (χ1v) is 7.64. The molecule has 0 aliphatic heterocycles. The van der Waals surface area contributed by atoms with Crippen molar-refractivity contribution in [3.05, 3.63) is 39.9 Å². The quantitative estimate of drug-likeness (QED) is 0.622. The van der Waals surface area contributed by atoms with E-state index in [0.717, 1.165) is 36.7 Å². The van der Waals surface area contributed by atoms with Crippen LogP contribution in [-0.2, 0) is 6.42 Å². The van der Waals surface area contributed by atoms with E-state index < -0.39 is 0 Å². The van der Waals surface area contributed by atoms with Crippen LogP contribution in [0.5, 0.6) is 0 Å². The maximum absolute atomic E-state index is 5.78. The Kier molecular flexibility index (Phi) is 5.39. The van der Waals surface area contributed by atoms with E-state index in [1.807, 2.05) is 18.3 Å². The van der Waals surface area contributed by atoms with E-state index in [-0.39, 0.29) is 0 Å². The number of aromatic nitrogens is 1. The summed E-state index contributed by atoms with van der Waals surface area (Å²) >= 11 is 2.30. The Morgan fingerprint density at radius 2 is 2.21 bits per heavy atom. The molecule has 0 radical (unpaired) electrons. The lowest BCUT2D eigenvalue weighted by Crippen LogP contribution is -2.22. The zero-order valence-corrected chi connectivity index (χ0v) is 13.5. The molecule has 0 fully saturated rings. The monoisotopic (exact) mass is 370 g/mol. The van der Waals surface area contributed by atoms with Gasteiger partial charge in [-0.3, -0.25) is 0 Å². The minimum Gasteiger partial charge on any atom is -0.441 e. The maximum atomic E-state index is 5.78. The molecule has 1 aromatic carbocycles. The fourth-order valence-electron chi connectivity index (χ4n) is 1.79. The van der Waals surface area contributed by atoms with E-state index in [0.29, 0.717) is 5.92 Å². The molecule has 0 bridgehead atoms. The Morgan fingerprint density at radius 1 is 1.37 bits per heavy atom. The highest BCUT2D eigenvalue weighted by Gasteiger charge is 2.06. The van der Waals surface area contributed by atoms with Crippen LogP contribution in [0.15, 0.2) is 34.9 Å². The molecule has 3 nitrogen and oxygen atoms in total. The van der Waals surface area contributed by atoms with Crippen molar-refractivity contribution in [3.8, 4) is 11.3 Å². The number of nitrogens with zero attached hydrogens (tertiary/aromatic N) is 1. The second-order valence-corrected chi connectivity index (χ2v) is 6.22. The smallest absolute Gasteiger partial charge is 0.196 e. The molecule has 0 amide bonds. The minimum atomic E-state index is 0.673. The van der Waals surface area contributed by atoms with E-state index in [4.69, 9.17) is 4.42 Å². The summed E-state index contributed by atoms with van der Waals surface area (Å²) in [6.07, 6.45) is 2.64. The number of hydrogen-bond acceptors (Lipinski definition) is 3. The summed E-state index contributed by atoms with van der Waals surface area (Å²) in [7, 11) is 0. The first-order valence-electron chi connectivity index (χ1n) is 6.56. The molecule has 1 N–H and O–H groups in total. The van der Waals surface area contributed by atoms with Gasteiger partial charge in [-0.2, -0.15) is 0 Å². The summed E-state index contributed by atoms with van der Waals surface area (Å²) < 4.78 is 6.98. The van der Waals surface area contributed by atoms with Crippen LogP contribution in [0.2, 0.25) is 0 Å². The Bertz CT molecular complexity index is 522. The predicted octanol–water partition coefficient (Wildman–Crippen LogP) is 3.73. The Morgan fingerprint density at radius 3 is 2.95 bits per heavy atom. The van der Waals surface area contributed by atoms with Crippen molar-refractivity contribution < 1.29 is 4.42 Å². The van der Waals surface area contributed by atoms with Crippen molar-refractivity contribution in [3.63, 3.8) is 0 Å². The number of rotatable bonds is 6. The van der Waals surface area contributed by atoms with Gasteiger partial charge in [0.25, 0.3) is 0 Å². The highest BCUT2D eigenvalue weighted by Crippen LogP contribution is 2.22. The zero-order valence-electron chi connectivity index (χ0n) is 11.3. The fourth-order valence-corrected chi connectivity index (χ4v) is 2.33. The summed E-state index contributed by atoms with van der Waals surface area (Å²) in [6, 6.07) is 8.24. The molecule has 0 aliphatic carbocycles. The van der Waals surface area contributed by atoms with Gasteiger partial charge in [0.1, 0.15) is 0 Å². The van der Waals surface area contributed by atoms with Gasteiger partial charge in [0.15, 0.2) is 11.7 Å². The molecule has 0 saturated carbocycles. The van der Waals surface area contributed by atoms with Gasteiger partial charge in [-0.15, -0.1) is 0 Å². The normalized spacial score (nSPS) is 11.2. The number of halogens is 1. The minimum absolute atomic E-state index is 0.673. The lowest BCUT2D eigenvalue weighted by Gasteiger charge is -2.05. The molecule has 102 valence electrons. The number of nitrogens with one attached hydrogen (secondary N) is 1. The second-order valence-electron chi connectivity index (χ2n) is 4.98. The first-order chi connectivity index (χ1) is 9.15. The van der Waals surface area contributed by atoms with Crippen LogP contribution in [0.3, 0.4) is 0 Å². The van der Waals surface area contributed by atoms with Gasteiger partial charge < -0.3 is 9.73 Å². The molecule has 1 aromatic heterocycles. The number of oxazole rings is 1. The van der Waals surface area contributed by atoms with Gasteiger partial charge in [-0.1, -0.05) is 26.0 Å². The molecule has 1 heterocycles. The summed E-state index contributed by atoms with van der Waals surface area (Å²) in [4.78, 5) is 4.33. The highest BCUT2D eigenvalue weighted by molar-refractivity contribution is 14.1.